The molecule has 0 radical (unpaired) electrons. The van der Waals surface area contributed by atoms with Crippen molar-refractivity contribution in [2.24, 2.45) is 0 Å². The maximum Gasteiger partial charge on any atom is 0.119 e. The number of benzene rings is 1. The van der Waals surface area contributed by atoms with Crippen molar-refractivity contribution in [1.82, 2.24) is 0 Å². The Kier molecular flexibility index (Phi) is 12.7. The van der Waals surface area contributed by atoms with Crippen molar-refractivity contribution in [3.05, 3.63) is 24.3 Å². The molecule has 0 N–H and O–H groups in total. The molecule has 0 saturated carbocycles. The van der Waals surface area contributed by atoms with Crippen LogP contribution in [0, 0.1) is 12.3 Å². The van der Waals surface area contributed by atoms with E-state index in [-0.39, 0.29) is 0 Å². The van der Waals surface area contributed by atoms with E-state index in [1.165, 1.54) is 51.4 Å². The van der Waals surface area contributed by atoms with Gasteiger partial charge in [-0.3, -0.25) is 0 Å². The molecule has 0 saturated heterocycles. The summed E-state index contributed by atoms with van der Waals surface area (Å²) in [6.07, 6.45) is 18.9. The van der Waals surface area contributed by atoms with Gasteiger partial charge in [-0.1, -0.05) is 58.3 Å². The molecule has 0 aliphatic rings. The van der Waals surface area contributed by atoms with E-state index in [2.05, 4.69) is 12.8 Å². The Hall–Kier alpha value is -1.62. The number of terminal acetylenes is 1. The van der Waals surface area contributed by atoms with Crippen LogP contribution in [-0.2, 0) is 0 Å². The third kappa shape index (κ3) is 11.0. The molecule has 0 atom stereocenters. The van der Waals surface area contributed by atoms with Gasteiger partial charge in [-0.15, -0.1) is 12.3 Å². The van der Waals surface area contributed by atoms with E-state index in [0.29, 0.717) is 6.61 Å². The van der Waals surface area contributed by atoms with Crippen molar-refractivity contribution in [2.75, 3.05) is 13.2 Å². The molecule has 24 heavy (non-hydrogen) atoms. The summed E-state index contributed by atoms with van der Waals surface area (Å²) in [6.45, 7) is 3.74. The first-order chi connectivity index (χ1) is 11.9. The minimum absolute atomic E-state index is 0.669. The van der Waals surface area contributed by atoms with Gasteiger partial charge in [0.25, 0.3) is 0 Å². The van der Waals surface area contributed by atoms with Gasteiger partial charge >= 0.3 is 0 Å². The molecular formula is C22H34O2. The van der Waals surface area contributed by atoms with Crippen LogP contribution in [0.5, 0.6) is 11.5 Å². The van der Waals surface area contributed by atoms with Crippen LogP contribution in [0.4, 0.5) is 0 Å². The molecule has 0 aliphatic heterocycles. The zero-order chi connectivity index (χ0) is 17.3. The average molecular weight is 331 g/mol. The first kappa shape index (κ1) is 20.4. The quantitative estimate of drug-likeness (QED) is 0.274. The maximum atomic E-state index is 5.78. The fourth-order valence-electron chi connectivity index (χ4n) is 2.60. The maximum absolute atomic E-state index is 5.78. The average Bonchev–Trinajstić information content (AvgIpc) is 2.61. The largest absolute Gasteiger partial charge is 0.494 e. The zero-order valence-electron chi connectivity index (χ0n) is 15.4. The van der Waals surface area contributed by atoms with Crippen molar-refractivity contribution in [3.8, 4) is 23.8 Å². The highest BCUT2D eigenvalue weighted by Gasteiger charge is 1.97. The van der Waals surface area contributed by atoms with E-state index in [0.717, 1.165) is 37.4 Å². The summed E-state index contributed by atoms with van der Waals surface area (Å²) in [4.78, 5) is 0. The Labute approximate surface area is 148 Å². The van der Waals surface area contributed by atoms with Crippen molar-refractivity contribution < 1.29 is 9.47 Å². The van der Waals surface area contributed by atoms with Crippen molar-refractivity contribution >= 4 is 0 Å². The number of hydrogen-bond acceptors (Lipinski definition) is 2. The molecule has 1 rings (SSSR count). The summed E-state index contributed by atoms with van der Waals surface area (Å²) in [5.41, 5.74) is 0. The summed E-state index contributed by atoms with van der Waals surface area (Å²) in [5.74, 6) is 4.41. The molecule has 0 unspecified atom stereocenters. The van der Waals surface area contributed by atoms with E-state index in [9.17, 15) is 0 Å². The molecule has 2 nitrogen and oxygen atoms in total. The normalized spacial score (nSPS) is 10.3. The first-order valence-electron chi connectivity index (χ1n) is 9.66. The second-order valence-corrected chi connectivity index (χ2v) is 6.30. The van der Waals surface area contributed by atoms with Gasteiger partial charge in [0.15, 0.2) is 0 Å². The third-order valence-electron chi connectivity index (χ3n) is 4.07. The monoisotopic (exact) mass is 330 g/mol. The van der Waals surface area contributed by atoms with Crippen LogP contribution in [0.3, 0.4) is 0 Å². The number of rotatable bonds is 15. The minimum Gasteiger partial charge on any atom is -0.494 e. The van der Waals surface area contributed by atoms with Crippen molar-refractivity contribution in [2.45, 2.75) is 77.6 Å². The van der Waals surface area contributed by atoms with E-state index in [1.54, 1.807) is 0 Å². The van der Waals surface area contributed by atoms with Crippen LogP contribution in [0.15, 0.2) is 24.3 Å². The number of ether oxygens (including phenoxy) is 2. The smallest absolute Gasteiger partial charge is 0.119 e. The van der Waals surface area contributed by atoms with Crippen LogP contribution >= 0.6 is 0 Å². The molecule has 0 spiro atoms. The Bertz CT molecular complexity index is 430. The van der Waals surface area contributed by atoms with Gasteiger partial charge in [0, 0.05) is 6.42 Å². The highest BCUT2D eigenvalue weighted by atomic mass is 16.5. The molecule has 134 valence electrons. The highest BCUT2D eigenvalue weighted by Crippen LogP contribution is 2.18. The fourth-order valence-corrected chi connectivity index (χ4v) is 2.60. The van der Waals surface area contributed by atoms with E-state index >= 15 is 0 Å². The Morgan fingerprint density at radius 2 is 1.17 bits per heavy atom. The van der Waals surface area contributed by atoms with Gasteiger partial charge in [-0.05, 0) is 37.1 Å². The van der Waals surface area contributed by atoms with Gasteiger partial charge in [0.1, 0.15) is 11.5 Å². The second-order valence-electron chi connectivity index (χ2n) is 6.30. The van der Waals surface area contributed by atoms with Crippen molar-refractivity contribution in [1.29, 1.82) is 0 Å². The van der Waals surface area contributed by atoms with Gasteiger partial charge in [-0.2, -0.15) is 0 Å². The fraction of sp³-hybridized carbons (Fsp3) is 0.636. The standard InChI is InChI=1S/C22H34O2/c1-3-5-7-8-9-10-11-12-14-20-24-22-17-15-21(16-18-22)23-19-13-6-4-2/h2,15-18H,3,5-14,19-20H2,1H3. The lowest BCUT2D eigenvalue weighted by molar-refractivity contribution is 0.299. The van der Waals surface area contributed by atoms with E-state index < -0.39 is 0 Å². The van der Waals surface area contributed by atoms with Gasteiger partial charge in [-0.25, -0.2) is 0 Å². The minimum atomic E-state index is 0.669. The lowest BCUT2D eigenvalue weighted by Gasteiger charge is -2.08. The molecule has 0 fully saturated rings. The summed E-state index contributed by atoms with van der Waals surface area (Å²) < 4.78 is 11.4. The SMILES string of the molecule is C#CCCCOc1ccc(OCCCCCCCCCCC)cc1. The lowest BCUT2D eigenvalue weighted by Crippen LogP contribution is -1.98. The molecule has 2 heteroatoms. The van der Waals surface area contributed by atoms with Crippen LogP contribution in [-0.4, -0.2) is 13.2 Å². The predicted molar refractivity (Wildman–Crippen MR) is 103 cm³/mol. The van der Waals surface area contributed by atoms with Crippen molar-refractivity contribution in [3.63, 3.8) is 0 Å². The molecule has 1 aromatic carbocycles. The Balaban J connectivity index is 1.98. The van der Waals surface area contributed by atoms with Gasteiger partial charge < -0.3 is 9.47 Å². The predicted octanol–water partition coefficient (Wildman–Crippen LogP) is 6.39. The molecule has 1 aromatic rings. The zero-order valence-corrected chi connectivity index (χ0v) is 15.4. The van der Waals surface area contributed by atoms with E-state index in [1.807, 2.05) is 24.3 Å². The number of unbranched alkanes of at least 4 members (excludes halogenated alkanes) is 9. The molecule has 0 aromatic heterocycles. The van der Waals surface area contributed by atoms with Crippen LogP contribution < -0.4 is 9.47 Å². The van der Waals surface area contributed by atoms with Crippen LogP contribution in [0.2, 0.25) is 0 Å². The lowest BCUT2D eigenvalue weighted by atomic mass is 10.1. The summed E-state index contributed by atoms with van der Waals surface area (Å²) in [7, 11) is 0. The van der Waals surface area contributed by atoms with E-state index in [4.69, 9.17) is 15.9 Å². The first-order valence-corrected chi connectivity index (χ1v) is 9.66. The van der Waals surface area contributed by atoms with Crippen LogP contribution in [0.25, 0.3) is 0 Å². The summed E-state index contributed by atoms with van der Waals surface area (Å²) >= 11 is 0. The summed E-state index contributed by atoms with van der Waals surface area (Å²) in [5, 5.41) is 0. The molecule has 0 amide bonds. The number of hydrogen-bond donors (Lipinski definition) is 0. The van der Waals surface area contributed by atoms with Crippen LogP contribution in [0.1, 0.15) is 77.6 Å². The highest BCUT2D eigenvalue weighted by molar-refractivity contribution is 5.31. The third-order valence-corrected chi connectivity index (χ3v) is 4.07. The molecule has 0 bridgehead atoms. The molecule has 0 aliphatic carbocycles. The van der Waals surface area contributed by atoms with Gasteiger partial charge in [0.05, 0.1) is 13.2 Å². The van der Waals surface area contributed by atoms with Gasteiger partial charge in [0.2, 0.25) is 0 Å². The second kappa shape index (κ2) is 14.9. The summed E-state index contributed by atoms with van der Waals surface area (Å²) in [6, 6.07) is 7.87. The molecule has 0 heterocycles. The Morgan fingerprint density at radius 3 is 1.67 bits per heavy atom. The Morgan fingerprint density at radius 1 is 0.708 bits per heavy atom. The molecular weight excluding hydrogens is 296 g/mol. The topological polar surface area (TPSA) is 18.5 Å².